The van der Waals surface area contributed by atoms with Crippen molar-refractivity contribution >= 4 is 35.1 Å². The second kappa shape index (κ2) is 7.14. The number of anilines is 2. The summed E-state index contributed by atoms with van der Waals surface area (Å²) >= 11 is 6.03. The van der Waals surface area contributed by atoms with E-state index >= 15 is 0 Å². The number of aromatic nitrogens is 1. The molecule has 1 aromatic heterocycles. The molecule has 132 valence electrons. The number of hydrogen-bond donors (Lipinski definition) is 3. The monoisotopic (exact) mass is 367 g/mol. The highest BCUT2D eigenvalue weighted by Crippen LogP contribution is 2.29. The van der Waals surface area contributed by atoms with Gasteiger partial charge in [-0.1, -0.05) is 11.6 Å². The molecule has 0 radical (unpaired) electrons. The molecule has 1 fully saturated rings. The van der Waals surface area contributed by atoms with Gasteiger partial charge in [-0.2, -0.15) is 5.26 Å². The first-order chi connectivity index (χ1) is 12.4. The minimum absolute atomic E-state index is 0.0241. The number of hydrogen-bond acceptors (Lipinski definition) is 5. The van der Waals surface area contributed by atoms with E-state index in [2.05, 4.69) is 15.6 Å². The Balaban J connectivity index is 1.88. The summed E-state index contributed by atoms with van der Waals surface area (Å²) < 4.78 is 0. The highest BCUT2D eigenvalue weighted by atomic mass is 35.5. The highest BCUT2D eigenvalue weighted by Gasteiger charge is 2.22. The number of carbonyl (C=O) groups is 1. The van der Waals surface area contributed by atoms with Crippen LogP contribution in [0.5, 0.6) is 0 Å². The van der Waals surface area contributed by atoms with Gasteiger partial charge in [-0.05, 0) is 56.0 Å². The maximum absolute atomic E-state index is 12.7. The number of pyridine rings is 1. The molecule has 1 aliphatic carbocycles. The Morgan fingerprint density at radius 1 is 1.38 bits per heavy atom. The molecule has 1 aliphatic rings. The van der Waals surface area contributed by atoms with E-state index < -0.39 is 5.91 Å². The summed E-state index contributed by atoms with van der Waals surface area (Å²) in [5, 5.41) is 22.9. The summed E-state index contributed by atoms with van der Waals surface area (Å²) in [6.45, 7) is 3.49. The summed E-state index contributed by atoms with van der Waals surface area (Å²) in [6.07, 6.45) is 3.51. The predicted octanol–water partition coefficient (Wildman–Crippen LogP) is 4.05. The maximum Gasteiger partial charge on any atom is 0.274 e. The normalized spacial score (nSPS) is 13.0. The first-order valence-corrected chi connectivity index (χ1v) is 8.61. The Kier molecular flexibility index (Phi) is 4.92. The van der Waals surface area contributed by atoms with Gasteiger partial charge in [0.05, 0.1) is 5.56 Å². The minimum atomic E-state index is -0.392. The highest BCUT2D eigenvalue weighted by molar-refractivity contribution is 6.31. The number of halogens is 1. The van der Waals surface area contributed by atoms with E-state index in [1.54, 1.807) is 26.0 Å². The van der Waals surface area contributed by atoms with Crippen molar-refractivity contribution in [3.8, 4) is 6.07 Å². The number of carbonyl (C=O) groups excluding carboxylic acids is 1. The van der Waals surface area contributed by atoms with Crippen molar-refractivity contribution in [3.05, 3.63) is 51.3 Å². The third kappa shape index (κ3) is 3.53. The van der Waals surface area contributed by atoms with Gasteiger partial charge in [-0.15, -0.1) is 0 Å². The van der Waals surface area contributed by atoms with E-state index in [-0.39, 0.29) is 16.4 Å². The van der Waals surface area contributed by atoms with Gasteiger partial charge >= 0.3 is 0 Å². The lowest BCUT2D eigenvalue weighted by Crippen LogP contribution is -2.17. The molecule has 3 N–H and O–H groups in total. The Hall–Kier alpha value is -2.91. The zero-order chi connectivity index (χ0) is 18.8. The molecule has 2 aromatic rings. The van der Waals surface area contributed by atoms with Crippen molar-refractivity contribution in [2.24, 2.45) is 0 Å². The lowest BCUT2D eigenvalue weighted by molar-refractivity contribution is 0.102. The number of amides is 1. The summed E-state index contributed by atoms with van der Waals surface area (Å²) in [5.41, 5.74) is 3.93. The summed E-state index contributed by atoms with van der Waals surface area (Å²) in [5.74, 6) is -0.392. The molecule has 1 heterocycles. The first-order valence-electron chi connectivity index (χ1n) is 8.23. The van der Waals surface area contributed by atoms with Crippen LogP contribution >= 0.6 is 11.6 Å². The van der Waals surface area contributed by atoms with Crippen LogP contribution in [-0.4, -0.2) is 23.1 Å². The molecule has 0 bridgehead atoms. The molecular weight excluding hydrogens is 350 g/mol. The first kappa shape index (κ1) is 17.9. The van der Waals surface area contributed by atoms with E-state index in [1.807, 2.05) is 12.1 Å². The third-order valence-corrected chi connectivity index (χ3v) is 4.71. The molecule has 6 nitrogen and oxygen atoms in total. The smallest absolute Gasteiger partial charge is 0.274 e. The zero-order valence-corrected chi connectivity index (χ0v) is 15.2. The van der Waals surface area contributed by atoms with Crippen LogP contribution in [-0.2, 0) is 0 Å². The Morgan fingerprint density at radius 2 is 2.12 bits per heavy atom. The average molecular weight is 368 g/mol. The van der Waals surface area contributed by atoms with Crippen LogP contribution in [0.4, 0.5) is 11.4 Å². The van der Waals surface area contributed by atoms with Crippen LogP contribution in [0.1, 0.15) is 45.6 Å². The zero-order valence-electron chi connectivity index (χ0n) is 14.5. The van der Waals surface area contributed by atoms with E-state index in [0.29, 0.717) is 22.9 Å². The molecule has 1 amide bonds. The van der Waals surface area contributed by atoms with Gasteiger partial charge in [0, 0.05) is 29.2 Å². The van der Waals surface area contributed by atoms with Gasteiger partial charge in [0.1, 0.15) is 16.9 Å². The second-order valence-corrected chi connectivity index (χ2v) is 6.67. The van der Waals surface area contributed by atoms with Crippen LogP contribution in [0.15, 0.2) is 18.2 Å². The number of nitriles is 1. The molecule has 1 saturated carbocycles. The molecule has 1 aromatic carbocycles. The van der Waals surface area contributed by atoms with Crippen LogP contribution in [0.25, 0.3) is 0 Å². The second-order valence-electron chi connectivity index (χ2n) is 6.31. The summed E-state index contributed by atoms with van der Waals surface area (Å²) in [4.78, 5) is 16.8. The van der Waals surface area contributed by atoms with E-state index in [9.17, 15) is 4.79 Å². The topological polar surface area (TPSA) is 102 Å². The number of rotatable bonds is 5. The molecule has 0 saturated heterocycles. The van der Waals surface area contributed by atoms with Gasteiger partial charge in [-0.25, -0.2) is 4.98 Å². The summed E-state index contributed by atoms with van der Waals surface area (Å²) in [6, 6.07) is 7.77. The summed E-state index contributed by atoms with van der Waals surface area (Å²) in [7, 11) is 0. The maximum atomic E-state index is 12.7. The molecular formula is C19H18ClN5O. The van der Waals surface area contributed by atoms with Gasteiger partial charge in [-0.3, -0.25) is 4.79 Å². The van der Waals surface area contributed by atoms with Gasteiger partial charge < -0.3 is 16.0 Å². The lowest BCUT2D eigenvalue weighted by atomic mass is 10.0. The van der Waals surface area contributed by atoms with Gasteiger partial charge in [0.15, 0.2) is 0 Å². The molecule has 7 heteroatoms. The lowest BCUT2D eigenvalue weighted by Gasteiger charge is -2.13. The van der Waals surface area contributed by atoms with Crippen molar-refractivity contribution in [2.75, 3.05) is 10.6 Å². The van der Waals surface area contributed by atoms with Crippen molar-refractivity contribution < 1.29 is 4.79 Å². The van der Waals surface area contributed by atoms with Crippen molar-refractivity contribution in [1.29, 1.82) is 10.7 Å². The van der Waals surface area contributed by atoms with E-state index in [1.165, 1.54) is 6.21 Å². The van der Waals surface area contributed by atoms with Crippen LogP contribution < -0.4 is 10.6 Å². The molecule has 0 atom stereocenters. The number of nitrogens with one attached hydrogen (secondary N) is 3. The van der Waals surface area contributed by atoms with Gasteiger partial charge in [0.2, 0.25) is 0 Å². The Morgan fingerprint density at radius 3 is 2.73 bits per heavy atom. The van der Waals surface area contributed by atoms with Crippen LogP contribution in [0, 0.1) is 30.6 Å². The third-order valence-electron chi connectivity index (χ3n) is 4.44. The average Bonchev–Trinajstić information content (AvgIpc) is 3.43. The van der Waals surface area contributed by atoms with Crippen LogP contribution in [0.2, 0.25) is 5.15 Å². The molecule has 26 heavy (non-hydrogen) atoms. The molecule has 0 unspecified atom stereocenters. The number of nitrogens with zero attached hydrogens (tertiary/aromatic N) is 2. The van der Waals surface area contributed by atoms with Crippen LogP contribution in [0.3, 0.4) is 0 Å². The van der Waals surface area contributed by atoms with Crippen molar-refractivity contribution in [3.63, 3.8) is 0 Å². The van der Waals surface area contributed by atoms with E-state index in [0.717, 1.165) is 24.1 Å². The molecule has 3 rings (SSSR count). The molecule has 0 spiro atoms. The van der Waals surface area contributed by atoms with Gasteiger partial charge in [0.25, 0.3) is 5.91 Å². The Bertz CT molecular complexity index is 944. The standard InChI is InChI=1S/C19H18ClN5O/c1-10-11(2)17(25-18(20)15(10)9-22)19(26)24-14-4-3-12(8-21)16(7-14)23-13-5-6-13/h3-4,7-8,13,21,23H,5-6H2,1-2H3,(H,24,26). The minimum Gasteiger partial charge on any atom is -0.382 e. The van der Waals surface area contributed by atoms with Crippen molar-refractivity contribution in [2.45, 2.75) is 32.7 Å². The SMILES string of the molecule is Cc1c(C(=O)Nc2ccc(C=N)c(NC3CC3)c2)nc(Cl)c(C#N)c1C. The fourth-order valence-electron chi connectivity index (χ4n) is 2.63. The largest absolute Gasteiger partial charge is 0.382 e. The fourth-order valence-corrected chi connectivity index (χ4v) is 2.90. The Labute approximate surface area is 156 Å². The fraction of sp³-hybridized carbons (Fsp3) is 0.263. The van der Waals surface area contributed by atoms with Crippen molar-refractivity contribution in [1.82, 2.24) is 4.98 Å². The quantitative estimate of drug-likeness (QED) is 0.548. The predicted molar refractivity (Wildman–Crippen MR) is 102 cm³/mol. The van der Waals surface area contributed by atoms with E-state index in [4.69, 9.17) is 22.3 Å². The molecule has 0 aliphatic heterocycles. The number of benzene rings is 1.